The van der Waals surface area contributed by atoms with Gasteiger partial charge in [0, 0.05) is 24.5 Å². The number of rotatable bonds is 16. The number of pyridine rings is 1. The van der Waals surface area contributed by atoms with Crippen molar-refractivity contribution in [1.29, 1.82) is 0 Å². The molecule has 0 N–H and O–H groups in total. The lowest BCUT2D eigenvalue weighted by Gasteiger charge is -2.09. The minimum atomic E-state index is 1.04. The fraction of sp³-hybridized carbons (Fsp3) is 0.571. The van der Waals surface area contributed by atoms with E-state index in [1.165, 1.54) is 95.4 Å². The van der Waals surface area contributed by atoms with E-state index in [1.807, 2.05) is 12.4 Å². The summed E-state index contributed by atoms with van der Waals surface area (Å²) < 4.78 is 2.39. The second kappa shape index (κ2) is 14.0. The summed E-state index contributed by atoms with van der Waals surface area (Å²) in [6, 6.07) is 12.6. The van der Waals surface area contributed by atoms with Gasteiger partial charge in [0.15, 0.2) is 0 Å². The fourth-order valence-electron chi connectivity index (χ4n) is 4.49. The SMILES string of the molecule is CCCCCCCCCCCCCCCCn1c(-c2ccncc2)nc2ccccc21. The number of aryl methyl sites for hydroxylation is 1. The number of nitrogens with zero attached hydrogens (tertiary/aromatic N) is 3. The van der Waals surface area contributed by atoms with Gasteiger partial charge >= 0.3 is 0 Å². The maximum Gasteiger partial charge on any atom is 0.141 e. The van der Waals surface area contributed by atoms with Gasteiger partial charge in [0.2, 0.25) is 0 Å². The summed E-state index contributed by atoms with van der Waals surface area (Å²) in [7, 11) is 0. The highest BCUT2D eigenvalue weighted by Crippen LogP contribution is 2.25. The lowest BCUT2D eigenvalue weighted by molar-refractivity contribution is 0.526. The lowest BCUT2D eigenvalue weighted by atomic mass is 10.0. The van der Waals surface area contributed by atoms with E-state index in [0.29, 0.717) is 0 Å². The summed E-state index contributed by atoms with van der Waals surface area (Å²) in [5.41, 5.74) is 3.47. The van der Waals surface area contributed by atoms with Gasteiger partial charge in [-0.15, -0.1) is 0 Å². The second-order valence-electron chi connectivity index (χ2n) is 8.91. The zero-order valence-corrected chi connectivity index (χ0v) is 19.6. The van der Waals surface area contributed by atoms with Gasteiger partial charge in [-0.3, -0.25) is 4.98 Å². The predicted molar refractivity (Wildman–Crippen MR) is 133 cm³/mol. The molecule has 3 aromatic rings. The zero-order chi connectivity index (χ0) is 21.6. The van der Waals surface area contributed by atoms with E-state index in [9.17, 15) is 0 Å². The van der Waals surface area contributed by atoms with Gasteiger partial charge in [-0.05, 0) is 30.7 Å². The van der Waals surface area contributed by atoms with Crippen molar-refractivity contribution in [3.63, 3.8) is 0 Å². The number of fused-ring (bicyclic) bond motifs is 1. The van der Waals surface area contributed by atoms with Crippen molar-refractivity contribution in [2.75, 3.05) is 0 Å². The van der Waals surface area contributed by atoms with Crippen LogP contribution in [0.15, 0.2) is 48.8 Å². The molecule has 3 heteroatoms. The van der Waals surface area contributed by atoms with E-state index >= 15 is 0 Å². The summed E-state index contributed by atoms with van der Waals surface area (Å²) in [6.45, 7) is 3.33. The van der Waals surface area contributed by atoms with E-state index < -0.39 is 0 Å². The van der Waals surface area contributed by atoms with Gasteiger partial charge in [0.25, 0.3) is 0 Å². The first kappa shape index (κ1) is 23.5. The Bertz CT molecular complexity index is 853. The molecule has 2 aromatic heterocycles. The smallest absolute Gasteiger partial charge is 0.141 e. The predicted octanol–water partition coefficient (Wildman–Crippen LogP) is 8.58. The summed E-state index contributed by atoms with van der Waals surface area (Å²) in [5, 5.41) is 0. The summed E-state index contributed by atoms with van der Waals surface area (Å²) >= 11 is 0. The van der Waals surface area contributed by atoms with Crippen molar-refractivity contribution in [1.82, 2.24) is 14.5 Å². The van der Waals surface area contributed by atoms with Gasteiger partial charge in [-0.1, -0.05) is 103 Å². The maximum atomic E-state index is 4.90. The minimum absolute atomic E-state index is 1.04. The van der Waals surface area contributed by atoms with Crippen LogP contribution >= 0.6 is 0 Å². The van der Waals surface area contributed by atoms with Gasteiger partial charge in [-0.2, -0.15) is 0 Å². The fourth-order valence-corrected chi connectivity index (χ4v) is 4.49. The van der Waals surface area contributed by atoms with Crippen LogP contribution in [0, 0.1) is 0 Å². The summed E-state index contributed by atoms with van der Waals surface area (Å²) in [5.74, 6) is 1.07. The van der Waals surface area contributed by atoms with Gasteiger partial charge in [0.05, 0.1) is 11.0 Å². The van der Waals surface area contributed by atoms with Crippen molar-refractivity contribution < 1.29 is 0 Å². The topological polar surface area (TPSA) is 30.7 Å². The minimum Gasteiger partial charge on any atom is -0.324 e. The molecule has 0 fully saturated rings. The van der Waals surface area contributed by atoms with Crippen LogP contribution in [0.1, 0.15) is 96.8 Å². The molecule has 0 spiro atoms. The van der Waals surface area contributed by atoms with Crippen molar-refractivity contribution in [3.05, 3.63) is 48.8 Å². The zero-order valence-electron chi connectivity index (χ0n) is 19.6. The molecule has 2 heterocycles. The van der Waals surface area contributed by atoms with E-state index in [4.69, 9.17) is 4.98 Å². The van der Waals surface area contributed by atoms with Crippen LogP contribution in [0.4, 0.5) is 0 Å². The van der Waals surface area contributed by atoms with Crippen LogP contribution in [-0.2, 0) is 6.54 Å². The molecule has 3 rings (SSSR count). The molecule has 0 bridgehead atoms. The lowest BCUT2D eigenvalue weighted by Crippen LogP contribution is -2.01. The van der Waals surface area contributed by atoms with Crippen LogP contribution in [0.5, 0.6) is 0 Å². The maximum absolute atomic E-state index is 4.90. The number of aromatic nitrogens is 3. The molecule has 3 nitrogen and oxygen atoms in total. The number of benzene rings is 1. The van der Waals surface area contributed by atoms with Crippen LogP contribution in [0.3, 0.4) is 0 Å². The normalized spacial score (nSPS) is 11.4. The number of hydrogen-bond acceptors (Lipinski definition) is 2. The van der Waals surface area contributed by atoms with Gasteiger partial charge in [0.1, 0.15) is 5.82 Å². The first-order valence-corrected chi connectivity index (χ1v) is 12.8. The Labute approximate surface area is 189 Å². The molecule has 0 atom stereocenters. The van der Waals surface area contributed by atoms with Gasteiger partial charge in [-0.25, -0.2) is 4.98 Å². The molecule has 0 saturated carbocycles. The number of unbranched alkanes of at least 4 members (excludes halogenated alkanes) is 13. The largest absolute Gasteiger partial charge is 0.324 e. The molecular formula is C28H41N3. The first-order valence-electron chi connectivity index (χ1n) is 12.8. The second-order valence-corrected chi connectivity index (χ2v) is 8.91. The Morgan fingerprint density at radius 2 is 1.19 bits per heavy atom. The molecule has 0 aliphatic carbocycles. The van der Waals surface area contributed by atoms with Crippen molar-refractivity contribution in [2.24, 2.45) is 0 Å². The van der Waals surface area contributed by atoms with Crippen molar-refractivity contribution >= 4 is 11.0 Å². The van der Waals surface area contributed by atoms with Crippen molar-refractivity contribution in [3.8, 4) is 11.4 Å². The third-order valence-electron chi connectivity index (χ3n) is 6.33. The molecule has 0 amide bonds. The molecule has 0 aliphatic rings. The Hall–Kier alpha value is -2.16. The third kappa shape index (κ3) is 7.79. The molecule has 0 unspecified atom stereocenters. The Morgan fingerprint density at radius 1 is 0.645 bits per heavy atom. The van der Waals surface area contributed by atoms with Crippen molar-refractivity contribution in [2.45, 2.75) is 103 Å². The molecule has 0 radical (unpaired) electrons. The summed E-state index contributed by atoms with van der Waals surface area (Å²) in [4.78, 5) is 9.06. The van der Waals surface area contributed by atoms with Crippen LogP contribution < -0.4 is 0 Å². The standard InChI is InChI=1S/C28H41N3/c1-2-3-4-5-6-7-8-9-10-11-12-13-14-17-24-31-27-19-16-15-18-26(27)30-28(31)25-20-22-29-23-21-25/h15-16,18-23H,2-14,17,24H2,1H3. The van der Waals surface area contributed by atoms with Crippen LogP contribution in [0.25, 0.3) is 22.4 Å². The van der Waals surface area contributed by atoms with E-state index in [0.717, 1.165) is 23.4 Å². The van der Waals surface area contributed by atoms with Crippen LogP contribution in [0.2, 0.25) is 0 Å². The van der Waals surface area contributed by atoms with E-state index in [-0.39, 0.29) is 0 Å². The molecule has 0 aliphatic heterocycles. The Morgan fingerprint density at radius 3 is 1.81 bits per heavy atom. The van der Waals surface area contributed by atoms with E-state index in [2.05, 4.69) is 52.9 Å². The highest BCUT2D eigenvalue weighted by Gasteiger charge is 2.11. The molecular weight excluding hydrogens is 378 g/mol. The van der Waals surface area contributed by atoms with Gasteiger partial charge < -0.3 is 4.57 Å². The highest BCUT2D eigenvalue weighted by atomic mass is 15.1. The molecule has 168 valence electrons. The Balaban J connectivity index is 1.32. The quantitative estimate of drug-likeness (QED) is 0.218. The number of para-hydroxylation sites is 2. The summed E-state index contributed by atoms with van der Waals surface area (Å²) in [6.07, 6.45) is 23.2. The van der Waals surface area contributed by atoms with E-state index in [1.54, 1.807) is 0 Å². The molecule has 31 heavy (non-hydrogen) atoms. The molecule has 1 aromatic carbocycles. The monoisotopic (exact) mass is 419 g/mol. The Kier molecular flexibility index (Phi) is 10.6. The number of imidazole rings is 1. The third-order valence-corrected chi connectivity index (χ3v) is 6.33. The number of hydrogen-bond donors (Lipinski definition) is 0. The van der Waals surface area contributed by atoms with Crippen LogP contribution in [-0.4, -0.2) is 14.5 Å². The molecule has 0 saturated heterocycles. The highest BCUT2D eigenvalue weighted by molar-refractivity contribution is 5.80. The average molecular weight is 420 g/mol. The first-order chi connectivity index (χ1) is 15.4. The average Bonchev–Trinajstić information content (AvgIpc) is 3.18.